The van der Waals surface area contributed by atoms with Crippen LogP contribution in [0.25, 0.3) is 0 Å². The van der Waals surface area contributed by atoms with Gasteiger partial charge >= 0.3 is 0 Å². The molecule has 0 aromatic heterocycles. The largest absolute Gasteiger partial charge is 0.336 e. The molecule has 1 fully saturated rings. The first-order valence-corrected chi connectivity index (χ1v) is 6.67. The highest BCUT2D eigenvalue weighted by molar-refractivity contribution is 9.10. The number of carbonyl (C=O) groups is 1. The highest BCUT2D eigenvalue weighted by Crippen LogP contribution is 2.24. The second-order valence-electron chi connectivity index (χ2n) is 4.65. The molecule has 1 aliphatic heterocycles. The molecule has 2 unspecified atom stereocenters. The van der Waals surface area contributed by atoms with Gasteiger partial charge in [0, 0.05) is 22.6 Å². The normalized spacial score (nSPS) is 24.1. The van der Waals surface area contributed by atoms with Gasteiger partial charge in [0.1, 0.15) is 0 Å². The van der Waals surface area contributed by atoms with Gasteiger partial charge in [-0.15, -0.1) is 0 Å². The maximum atomic E-state index is 12.3. The SMILES string of the molecule is CC1CC(CN)CN1C(=O)c1ccc(Br)cc1. The summed E-state index contributed by atoms with van der Waals surface area (Å²) in [4.78, 5) is 14.2. The van der Waals surface area contributed by atoms with Gasteiger partial charge in [-0.3, -0.25) is 4.79 Å². The number of likely N-dealkylation sites (tertiary alicyclic amines) is 1. The fourth-order valence-corrected chi connectivity index (χ4v) is 2.62. The molecule has 1 aromatic rings. The number of nitrogens with two attached hydrogens (primary N) is 1. The van der Waals surface area contributed by atoms with Crippen LogP contribution in [0, 0.1) is 5.92 Å². The van der Waals surface area contributed by atoms with Gasteiger partial charge in [-0.2, -0.15) is 0 Å². The monoisotopic (exact) mass is 296 g/mol. The molecule has 2 atom stereocenters. The average molecular weight is 297 g/mol. The lowest BCUT2D eigenvalue weighted by molar-refractivity contribution is 0.0743. The molecule has 1 aliphatic rings. The van der Waals surface area contributed by atoms with Crippen molar-refractivity contribution in [1.82, 2.24) is 4.90 Å². The third-order valence-corrected chi connectivity index (χ3v) is 3.88. The third kappa shape index (κ3) is 2.69. The van der Waals surface area contributed by atoms with Gasteiger partial charge in [-0.05, 0) is 50.1 Å². The molecule has 2 rings (SSSR count). The van der Waals surface area contributed by atoms with Crippen molar-refractivity contribution in [2.75, 3.05) is 13.1 Å². The van der Waals surface area contributed by atoms with E-state index < -0.39 is 0 Å². The molecule has 1 heterocycles. The molecule has 0 radical (unpaired) electrons. The van der Waals surface area contributed by atoms with Crippen molar-refractivity contribution >= 4 is 21.8 Å². The summed E-state index contributed by atoms with van der Waals surface area (Å²) in [6.45, 7) is 3.54. The van der Waals surface area contributed by atoms with Crippen molar-refractivity contribution in [1.29, 1.82) is 0 Å². The molecule has 1 amide bonds. The second-order valence-corrected chi connectivity index (χ2v) is 5.57. The first-order chi connectivity index (χ1) is 8.11. The molecule has 92 valence electrons. The van der Waals surface area contributed by atoms with Crippen molar-refractivity contribution in [2.45, 2.75) is 19.4 Å². The summed E-state index contributed by atoms with van der Waals surface area (Å²) >= 11 is 3.37. The van der Waals surface area contributed by atoms with Crippen LogP contribution in [-0.2, 0) is 0 Å². The Kier molecular flexibility index (Phi) is 3.84. The summed E-state index contributed by atoms with van der Waals surface area (Å²) in [7, 11) is 0. The summed E-state index contributed by atoms with van der Waals surface area (Å²) in [6, 6.07) is 7.80. The minimum absolute atomic E-state index is 0.112. The lowest BCUT2D eigenvalue weighted by Gasteiger charge is -2.21. The van der Waals surface area contributed by atoms with E-state index in [4.69, 9.17) is 5.73 Å². The van der Waals surface area contributed by atoms with Gasteiger partial charge in [-0.1, -0.05) is 15.9 Å². The number of benzene rings is 1. The molecular weight excluding hydrogens is 280 g/mol. The zero-order chi connectivity index (χ0) is 12.4. The fraction of sp³-hybridized carbons (Fsp3) is 0.462. The van der Waals surface area contributed by atoms with Crippen LogP contribution >= 0.6 is 15.9 Å². The molecule has 0 aliphatic carbocycles. The van der Waals surface area contributed by atoms with Gasteiger partial charge in [0.05, 0.1) is 0 Å². The predicted molar refractivity (Wildman–Crippen MR) is 71.8 cm³/mol. The quantitative estimate of drug-likeness (QED) is 0.910. The second kappa shape index (κ2) is 5.19. The highest BCUT2D eigenvalue weighted by Gasteiger charge is 2.31. The number of amides is 1. The Morgan fingerprint density at radius 2 is 2.12 bits per heavy atom. The Balaban J connectivity index is 2.12. The summed E-state index contributed by atoms with van der Waals surface area (Å²) in [5.74, 6) is 0.561. The molecule has 4 heteroatoms. The maximum absolute atomic E-state index is 12.3. The number of halogens is 1. The van der Waals surface area contributed by atoms with Gasteiger partial charge < -0.3 is 10.6 Å². The van der Waals surface area contributed by atoms with E-state index in [1.165, 1.54) is 0 Å². The van der Waals surface area contributed by atoms with E-state index in [0.29, 0.717) is 18.5 Å². The van der Waals surface area contributed by atoms with Crippen LogP contribution in [0.5, 0.6) is 0 Å². The van der Waals surface area contributed by atoms with Crippen molar-refractivity contribution in [2.24, 2.45) is 11.7 Å². The van der Waals surface area contributed by atoms with Crippen LogP contribution in [0.4, 0.5) is 0 Å². The summed E-state index contributed by atoms with van der Waals surface area (Å²) in [5.41, 5.74) is 6.42. The molecule has 3 nitrogen and oxygen atoms in total. The van der Waals surface area contributed by atoms with Gasteiger partial charge in [0.2, 0.25) is 0 Å². The van der Waals surface area contributed by atoms with Gasteiger partial charge in [0.15, 0.2) is 0 Å². The Labute approximate surface area is 110 Å². The third-order valence-electron chi connectivity index (χ3n) is 3.35. The number of carbonyl (C=O) groups excluding carboxylic acids is 1. The molecule has 17 heavy (non-hydrogen) atoms. The molecule has 1 saturated heterocycles. The average Bonchev–Trinajstić information content (AvgIpc) is 2.71. The Bertz CT molecular complexity index is 404. The van der Waals surface area contributed by atoms with E-state index in [1.54, 1.807) is 0 Å². The number of hydrogen-bond donors (Lipinski definition) is 1. The number of nitrogens with zero attached hydrogens (tertiary/aromatic N) is 1. The van der Waals surface area contributed by atoms with Crippen LogP contribution < -0.4 is 5.73 Å². The summed E-state index contributed by atoms with van der Waals surface area (Å²) in [5, 5.41) is 0. The summed E-state index contributed by atoms with van der Waals surface area (Å²) in [6.07, 6.45) is 1.01. The zero-order valence-electron chi connectivity index (χ0n) is 9.90. The van der Waals surface area contributed by atoms with Gasteiger partial charge in [-0.25, -0.2) is 0 Å². The Morgan fingerprint density at radius 3 is 2.65 bits per heavy atom. The number of hydrogen-bond acceptors (Lipinski definition) is 2. The van der Waals surface area contributed by atoms with Crippen LogP contribution in [0.15, 0.2) is 28.7 Å². The predicted octanol–water partition coefficient (Wildman–Crippen LogP) is 2.26. The lowest BCUT2D eigenvalue weighted by Crippen LogP contribution is -2.34. The van der Waals surface area contributed by atoms with Crippen LogP contribution in [0.2, 0.25) is 0 Å². The standard InChI is InChI=1S/C13H17BrN2O/c1-9-6-10(7-15)8-16(9)13(17)11-2-4-12(14)5-3-11/h2-5,9-10H,6-8,15H2,1H3. The highest BCUT2D eigenvalue weighted by atomic mass is 79.9. The Hall–Kier alpha value is -0.870. The molecule has 0 saturated carbocycles. The van der Waals surface area contributed by atoms with Crippen LogP contribution in [-0.4, -0.2) is 29.9 Å². The minimum Gasteiger partial charge on any atom is -0.336 e. The topological polar surface area (TPSA) is 46.3 Å². The molecule has 1 aromatic carbocycles. The van der Waals surface area contributed by atoms with E-state index in [9.17, 15) is 4.79 Å². The van der Waals surface area contributed by atoms with E-state index >= 15 is 0 Å². The molecule has 0 bridgehead atoms. The summed E-state index contributed by atoms with van der Waals surface area (Å²) < 4.78 is 0.989. The zero-order valence-corrected chi connectivity index (χ0v) is 11.5. The Morgan fingerprint density at radius 1 is 1.47 bits per heavy atom. The van der Waals surface area contributed by atoms with Crippen molar-refractivity contribution in [3.05, 3.63) is 34.3 Å². The molecule has 0 spiro atoms. The molecular formula is C13H17BrN2O. The minimum atomic E-state index is 0.112. The fourth-order valence-electron chi connectivity index (χ4n) is 2.35. The van der Waals surface area contributed by atoms with Crippen LogP contribution in [0.3, 0.4) is 0 Å². The van der Waals surface area contributed by atoms with E-state index in [2.05, 4.69) is 22.9 Å². The van der Waals surface area contributed by atoms with Crippen molar-refractivity contribution in [3.63, 3.8) is 0 Å². The van der Waals surface area contributed by atoms with Crippen LogP contribution in [0.1, 0.15) is 23.7 Å². The van der Waals surface area contributed by atoms with Crippen molar-refractivity contribution in [3.8, 4) is 0 Å². The van der Waals surface area contributed by atoms with Crippen molar-refractivity contribution < 1.29 is 4.79 Å². The van der Waals surface area contributed by atoms with E-state index in [-0.39, 0.29) is 5.91 Å². The lowest BCUT2D eigenvalue weighted by atomic mass is 10.1. The molecule has 2 N–H and O–H groups in total. The van der Waals surface area contributed by atoms with E-state index in [1.807, 2.05) is 29.2 Å². The first-order valence-electron chi connectivity index (χ1n) is 5.88. The smallest absolute Gasteiger partial charge is 0.254 e. The maximum Gasteiger partial charge on any atom is 0.254 e. The van der Waals surface area contributed by atoms with E-state index in [0.717, 1.165) is 23.0 Å². The first kappa shape index (κ1) is 12.6. The number of rotatable bonds is 2. The van der Waals surface area contributed by atoms with Gasteiger partial charge in [0.25, 0.3) is 5.91 Å².